The summed E-state index contributed by atoms with van der Waals surface area (Å²) in [6.45, 7) is 3.33. The molecule has 0 unspecified atom stereocenters. The lowest BCUT2D eigenvalue weighted by molar-refractivity contribution is 0.0951. The van der Waals surface area contributed by atoms with Crippen molar-refractivity contribution in [2.45, 2.75) is 13.5 Å². The second-order valence-corrected chi connectivity index (χ2v) is 8.35. The standard InChI is InChI=1S/C23H20FN3O4S/c1-14-18-11-21(32-23(18)27(26-14)12-15-2-4-16(24)5-3-15)22(28)25-8-9-29-17-6-7-19-20(10-17)31-13-30-19/h2-7,10-11H,8-9,12-13H2,1H3,(H,25,28). The topological polar surface area (TPSA) is 74.6 Å². The smallest absolute Gasteiger partial charge is 0.261 e. The SMILES string of the molecule is Cc1nn(Cc2ccc(F)cc2)c2sc(C(=O)NCCOc3ccc4c(c3)OCO4)cc12. The van der Waals surface area contributed by atoms with Crippen LogP contribution < -0.4 is 19.5 Å². The number of nitrogens with one attached hydrogen (secondary N) is 1. The summed E-state index contributed by atoms with van der Waals surface area (Å²) >= 11 is 1.39. The lowest BCUT2D eigenvalue weighted by Crippen LogP contribution is -2.27. The molecule has 1 amide bonds. The lowest BCUT2D eigenvalue weighted by Gasteiger charge is -2.08. The van der Waals surface area contributed by atoms with Gasteiger partial charge in [-0.25, -0.2) is 4.39 Å². The molecule has 5 rings (SSSR count). The van der Waals surface area contributed by atoms with Gasteiger partial charge in [0, 0.05) is 11.5 Å². The molecule has 0 radical (unpaired) electrons. The molecule has 2 aromatic heterocycles. The molecule has 4 aromatic rings. The number of aryl methyl sites for hydroxylation is 1. The predicted octanol–water partition coefficient (Wildman–Crippen LogP) is 4.13. The Morgan fingerprint density at radius 1 is 1.19 bits per heavy atom. The van der Waals surface area contributed by atoms with E-state index in [1.807, 2.05) is 17.7 Å². The number of carbonyl (C=O) groups excluding carboxylic acids is 1. The van der Waals surface area contributed by atoms with Crippen molar-refractivity contribution in [1.82, 2.24) is 15.1 Å². The van der Waals surface area contributed by atoms with Gasteiger partial charge in [-0.1, -0.05) is 12.1 Å². The predicted molar refractivity (Wildman–Crippen MR) is 118 cm³/mol. The normalized spacial score (nSPS) is 12.3. The third-order valence-corrected chi connectivity index (χ3v) is 6.22. The third kappa shape index (κ3) is 4.11. The van der Waals surface area contributed by atoms with Gasteiger partial charge in [0.15, 0.2) is 11.5 Å². The molecule has 0 saturated heterocycles. The fourth-order valence-electron chi connectivity index (χ4n) is 3.48. The molecule has 9 heteroatoms. The highest BCUT2D eigenvalue weighted by atomic mass is 32.1. The van der Waals surface area contributed by atoms with Crippen molar-refractivity contribution in [1.29, 1.82) is 0 Å². The number of aromatic nitrogens is 2. The van der Waals surface area contributed by atoms with E-state index in [0.717, 1.165) is 21.5 Å². The van der Waals surface area contributed by atoms with Crippen LogP contribution in [0.1, 0.15) is 20.9 Å². The highest BCUT2D eigenvalue weighted by Crippen LogP contribution is 2.35. The van der Waals surface area contributed by atoms with Crippen LogP contribution in [0.4, 0.5) is 4.39 Å². The van der Waals surface area contributed by atoms with Crippen molar-refractivity contribution in [2.75, 3.05) is 19.9 Å². The number of ether oxygens (including phenoxy) is 3. The van der Waals surface area contributed by atoms with Gasteiger partial charge in [0.2, 0.25) is 6.79 Å². The zero-order valence-corrected chi connectivity index (χ0v) is 18.1. The van der Waals surface area contributed by atoms with Gasteiger partial charge < -0.3 is 19.5 Å². The van der Waals surface area contributed by atoms with Crippen LogP contribution in [0.2, 0.25) is 0 Å². The molecule has 1 aliphatic rings. The van der Waals surface area contributed by atoms with E-state index in [1.54, 1.807) is 30.3 Å². The first-order valence-electron chi connectivity index (χ1n) is 10.1. The number of halogens is 1. The molecule has 0 atom stereocenters. The van der Waals surface area contributed by atoms with Crippen LogP contribution >= 0.6 is 11.3 Å². The first-order valence-corrected chi connectivity index (χ1v) is 10.9. The quantitative estimate of drug-likeness (QED) is 0.426. The molecule has 0 spiro atoms. The summed E-state index contributed by atoms with van der Waals surface area (Å²) in [4.78, 5) is 14.1. The van der Waals surface area contributed by atoms with Crippen molar-refractivity contribution < 1.29 is 23.4 Å². The first-order chi connectivity index (χ1) is 15.6. The highest BCUT2D eigenvalue weighted by Gasteiger charge is 2.17. The zero-order chi connectivity index (χ0) is 22.1. The lowest BCUT2D eigenvalue weighted by atomic mass is 10.2. The number of amides is 1. The number of fused-ring (bicyclic) bond motifs is 2. The average molecular weight is 453 g/mol. The minimum Gasteiger partial charge on any atom is -0.492 e. The maximum Gasteiger partial charge on any atom is 0.261 e. The number of benzene rings is 2. The van der Waals surface area contributed by atoms with E-state index < -0.39 is 0 Å². The van der Waals surface area contributed by atoms with Gasteiger partial charge in [-0.2, -0.15) is 5.10 Å². The van der Waals surface area contributed by atoms with Crippen LogP contribution in [0.3, 0.4) is 0 Å². The van der Waals surface area contributed by atoms with Crippen molar-refractivity contribution in [3.8, 4) is 17.2 Å². The van der Waals surface area contributed by atoms with Crippen LogP contribution in [-0.2, 0) is 6.54 Å². The van der Waals surface area contributed by atoms with Crippen LogP contribution in [0.5, 0.6) is 17.2 Å². The third-order valence-electron chi connectivity index (χ3n) is 5.08. The van der Waals surface area contributed by atoms with Gasteiger partial charge in [0.25, 0.3) is 5.91 Å². The summed E-state index contributed by atoms with van der Waals surface area (Å²) in [6.07, 6.45) is 0. The van der Waals surface area contributed by atoms with E-state index in [0.29, 0.717) is 41.8 Å². The number of rotatable bonds is 7. The number of hydrogen-bond acceptors (Lipinski definition) is 6. The monoisotopic (exact) mass is 453 g/mol. The molecule has 1 N–H and O–H groups in total. The summed E-state index contributed by atoms with van der Waals surface area (Å²) in [7, 11) is 0. The van der Waals surface area contributed by atoms with E-state index in [4.69, 9.17) is 14.2 Å². The van der Waals surface area contributed by atoms with Crippen molar-refractivity contribution in [2.24, 2.45) is 0 Å². The Kier molecular flexibility index (Phi) is 5.40. The summed E-state index contributed by atoms with van der Waals surface area (Å²) in [5.41, 5.74) is 1.79. The van der Waals surface area contributed by atoms with Gasteiger partial charge in [0.1, 0.15) is 23.0 Å². The maximum absolute atomic E-state index is 13.2. The van der Waals surface area contributed by atoms with Crippen LogP contribution in [0.25, 0.3) is 10.2 Å². The Labute approximate surface area is 187 Å². The minimum absolute atomic E-state index is 0.159. The molecule has 0 saturated carbocycles. The number of nitrogens with zero attached hydrogens (tertiary/aromatic N) is 2. The number of carbonyl (C=O) groups is 1. The van der Waals surface area contributed by atoms with Crippen molar-refractivity contribution in [3.05, 3.63) is 70.5 Å². The second kappa shape index (κ2) is 8.51. The molecule has 164 valence electrons. The summed E-state index contributed by atoms with van der Waals surface area (Å²) < 4.78 is 31.3. The van der Waals surface area contributed by atoms with E-state index >= 15 is 0 Å². The van der Waals surface area contributed by atoms with E-state index in [-0.39, 0.29) is 18.5 Å². The van der Waals surface area contributed by atoms with E-state index in [9.17, 15) is 9.18 Å². The highest BCUT2D eigenvalue weighted by molar-refractivity contribution is 7.20. The zero-order valence-electron chi connectivity index (χ0n) is 17.3. The van der Waals surface area contributed by atoms with Gasteiger partial charge in [-0.3, -0.25) is 9.48 Å². The Bertz CT molecular complexity index is 1280. The Morgan fingerprint density at radius 2 is 2.00 bits per heavy atom. The molecule has 2 aromatic carbocycles. The molecule has 0 fully saturated rings. The molecule has 3 heterocycles. The molecule has 7 nitrogen and oxygen atoms in total. The summed E-state index contributed by atoms with van der Waals surface area (Å²) in [5.74, 6) is 1.58. The molecule has 1 aliphatic heterocycles. The van der Waals surface area contributed by atoms with Crippen LogP contribution in [-0.4, -0.2) is 35.6 Å². The van der Waals surface area contributed by atoms with Gasteiger partial charge in [0.05, 0.1) is 23.7 Å². The fourth-order valence-corrected chi connectivity index (χ4v) is 4.56. The number of thiophene rings is 1. The molecular formula is C23H20FN3O4S. The summed E-state index contributed by atoms with van der Waals surface area (Å²) in [6, 6.07) is 13.6. The Morgan fingerprint density at radius 3 is 2.84 bits per heavy atom. The molecular weight excluding hydrogens is 433 g/mol. The van der Waals surface area contributed by atoms with Gasteiger partial charge >= 0.3 is 0 Å². The molecule has 0 bridgehead atoms. The van der Waals surface area contributed by atoms with Gasteiger partial charge in [-0.15, -0.1) is 11.3 Å². The minimum atomic E-state index is -0.270. The Hall–Kier alpha value is -3.59. The van der Waals surface area contributed by atoms with Crippen molar-refractivity contribution >= 4 is 27.5 Å². The van der Waals surface area contributed by atoms with Crippen LogP contribution in [0, 0.1) is 12.7 Å². The average Bonchev–Trinajstić information content (AvgIpc) is 3.50. The molecule has 0 aliphatic carbocycles. The largest absolute Gasteiger partial charge is 0.492 e. The van der Waals surface area contributed by atoms with Gasteiger partial charge in [-0.05, 0) is 42.8 Å². The first kappa shape index (κ1) is 20.3. The number of hydrogen-bond donors (Lipinski definition) is 1. The van der Waals surface area contributed by atoms with Crippen LogP contribution in [0.15, 0.2) is 48.5 Å². The van der Waals surface area contributed by atoms with E-state index in [1.165, 1.54) is 23.5 Å². The van der Waals surface area contributed by atoms with Crippen molar-refractivity contribution in [3.63, 3.8) is 0 Å². The second-order valence-electron chi connectivity index (χ2n) is 7.32. The van der Waals surface area contributed by atoms with E-state index in [2.05, 4.69) is 10.4 Å². The fraction of sp³-hybridized carbons (Fsp3) is 0.217. The summed E-state index contributed by atoms with van der Waals surface area (Å²) in [5, 5.41) is 8.39. The Balaban J connectivity index is 1.20. The molecule has 32 heavy (non-hydrogen) atoms. The maximum atomic E-state index is 13.2.